The van der Waals surface area contributed by atoms with E-state index < -0.39 is 0 Å². The van der Waals surface area contributed by atoms with Gasteiger partial charge in [-0.2, -0.15) is 0 Å². The Bertz CT molecular complexity index is 496. The normalized spacial score (nSPS) is 17.7. The maximum atomic E-state index is 12.2. The summed E-state index contributed by atoms with van der Waals surface area (Å²) in [7, 11) is 0. The number of ether oxygens (including phenoxy) is 1. The first kappa shape index (κ1) is 17.9. The molecule has 23 heavy (non-hydrogen) atoms. The Morgan fingerprint density at radius 2 is 2.17 bits per heavy atom. The molecular formula is C17H26N2O3S. The molecule has 0 radical (unpaired) electrons. The second-order valence-electron chi connectivity index (χ2n) is 5.86. The van der Waals surface area contributed by atoms with E-state index in [1.165, 1.54) is 4.88 Å². The molecule has 0 aromatic carbocycles. The van der Waals surface area contributed by atoms with Crippen LogP contribution in [-0.4, -0.2) is 49.1 Å². The minimum atomic E-state index is -0.224. The summed E-state index contributed by atoms with van der Waals surface area (Å²) in [4.78, 5) is 27.4. The first-order valence-electron chi connectivity index (χ1n) is 8.32. The second-order valence-corrected chi connectivity index (χ2v) is 6.89. The second kappa shape index (κ2) is 9.03. The van der Waals surface area contributed by atoms with Crippen molar-refractivity contribution in [1.82, 2.24) is 10.2 Å². The lowest BCUT2D eigenvalue weighted by Crippen LogP contribution is -2.47. The molecule has 1 saturated heterocycles. The molecule has 0 spiro atoms. The van der Waals surface area contributed by atoms with Crippen LogP contribution in [0, 0.1) is 5.92 Å². The van der Waals surface area contributed by atoms with Crippen LogP contribution in [0.2, 0.25) is 0 Å². The zero-order valence-electron chi connectivity index (χ0n) is 13.9. The number of rotatable bonds is 7. The average Bonchev–Trinajstić information content (AvgIpc) is 3.08. The van der Waals surface area contributed by atoms with E-state index in [0.717, 1.165) is 32.4 Å². The highest BCUT2D eigenvalue weighted by molar-refractivity contribution is 7.09. The number of nitrogens with one attached hydrogen (secondary N) is 1. The van der Waals surface area contributed by atoms with E-state index in [9.17, 15) is 9.59 Å². The highest BCUT2D eigenvalue weighted by Crippen LogP contribution is 2.19. The SMILES string of the molecule is CCOC(=O)C(C)N1CCC(C(=O)NCCc2cccs2)CC1. The van der Waals surface area contributed by atoms with Crippen molar-refractivity contribution in [3.63, 3.8) is 0 Å². The molecule has 6 heteroatoms. The van der Waals surface area contributed by atoms with Crippen molar-refractivity contribution >= 4 is 23.2 Å². The summed E-state index contributed by atoms with van der Waals surface area (Å²) in [5.74, 6) is 0.0281. The summed E-state index contributed by atoms with van der Waals surface area (Å²) in [6.45, 7) is 6.33. The van der Waals surface area contributed by atoms with Crippen molar-refractivity contribution in [1.29, 1.82) is 0 Å². The fourth-order valence-electron chi connectivity index (χ4n) is 2.87. The number of carbonyl (C=O) groups excluding carboxylic acids is 2. The minimum Gasteiger partial charge on any atom is -0.465 e. The number of thiophene rings is 1. The van der Waals surface area contributed by atoms with E-state index in [1.807, 2.05) is 19.9 Å². The van der Waals surface area contributed by atoms with E-state index >= 15 is 0 Å². The molecule has 128 valence electrons. The van der Waals surface area contributed by atoms with Gasteiger partial charge in [0, 0.05) is 17.3 Å². The quantitative estimate of drug-likeness (QED) is 0.773. The van der Waals surface area contributed by atoms with Crippen LogP contribution >= 0.6 is 11.3 Å². The maximum absolute atomic E-state index is 12.2. The molecule has 5 nitrogen and oxygen atoms in total. The number of esters is 1. The predicted molar refractivity (Wildman–Crippen MR) is 91.4 cm³/mol. The highest BCUT2D eigenvalue weighted by atomic mass is 32.1. The molecule has 1 amide bonds. The maximum Gasteiger partial charge on any atom is 0.323 e. The van der Waals surface area contributed by atoms with Gasteiger partial charge in [-0.25, -0.2) is 0 Å². The van der Waals surface area contributed by atoms with E-state index in [-0.39, 0.29) is 23.8 Å². The summed E-state index contributed by atoms with van der Waals surface area (Å²) in [6, 6.07) is 3.90. The molecule has 1 atom stereocenters. The van der Waals surface area contributed by atoms with E-state index in [0.29, 0.717) is 13.2 Å². The molecule has 1 aliphatic heterocycles. The van der Waals surface area contributed by atoms with Gasteiger partial charge in [-0.15, -0.1) is 11.3 Å². The van der Waals surface area contributed by atoms with Crippen molar-refractivity contribution < 1.29 is 14.3 Å². The molecule has 2 heterocycles. The lowest BCUT2D eigenvalue weighted by molar-refractivity contribution is -0.149. The Labute approximate surface area is 142 Å². The molecule has 1 unspecified atom stereocenters. The van der Waals surface area contributed by atoms with Gasteiger partial charge >= 0.3 is 5.97 Å². The van der Waals surface area contributed by atoms with Crippen molar-refractivity contribution in [3.8, 4) is 0 Å². The fraction of sp³-hybridized carbons (Fsp3) is 0.647. The van der Waals surface area contributed by atoms with Crippen molar-refractivity contribution in [2.45, 2.75) is 39.2 Å². The van der Waals surface area contributed by atoms with Crippen molar-refractivity contribution in [2.24, 2.45) is 5.92 Å². The zero-order chi connectivity index (χ0) is 16.7. The van der Waals surface area contributed by atoms with Gasteiger partial charge < -0.3 is 10.1 Å². The topological polar surface area (TPSA) is 58.6 Å². The molecule has 1 N–H and O–H groups in total. The largest absolute Gasteiger partial charge is 0.465 e. The lowest BCUT2D eigenvalue weighted by Gasteiger charge is -2.34. The third-order valence-electron chi connectivity index (χ3n) is 4.33. The zero-order valence-corrected chi connectivity index (χ0v) is 14.7. The van der Waals surface area contributed by atoms with Crippen LogP contribution in [0.25, 0.3) is 0 Å². The number of piperidine rings is 1. The standard InChI is InChI=1S/C17H26N2O3S/c1-3-22-17(21)13(2)19-10-7-14(8-11-19)16(20)18-9-6-15-5-4-12-23-15/h4-5,12-14H,3,6-11H2,1-2H3,(H,18,20). The van der Waals surface area contributed by atoms with Crippen molar-refractivity contribution in [2.75, 3.05) is 26.2 Å². The van der Waals surface area contributed by atoms with Gasteiger partial charge in [-0.05, 0) is 57.6 Å². The molecular weight excluding hydrogens is 312 g/mol. The highest BCUT2D eigenvalue weighted by Gasteiger charge is 2.30. The summed E-state index contributed by atoms with van der Waals surface area (Å²) < 4.78 is 5.06. The number of hydrogen-bond acceptors (Lipinski definition) is 5. The lowest BCUT2D eigenvalue weighted by atomic mass is 9.95. The molecule has 0 bridgehead atoms. The number of nitrogens with zero attached hydrogens (tertiary/aromatic N) is 1. The monoisotopic (exact) mass is 338 g/mol. The van der Waals surface area contributed by atoms with Gasteiger partial charge in [-0.3, -0.25) is 14.5 Å². The smallest absolute Gasteiger partial charge is 0.323 e. The van der Waals surface area contributed by atoms with E-state index in [4.69, 9.17) is 4.74 Å². The first-order chi connectivity index (χ1) is 11.1. The molecule has 0 saturated carbocycles. The van der Waals surface area contributed by atoms with Crippen LogP contribution < -0.4 is 5.32 Å². The predicted octanol–water partition coefficient (Wildman–Crippen LogP) is 2.07. The first-order valence-corrected chi connectivity index (χ1v) is 9.20. The van der Waals surface area contributed by atoms with Crippen LogP contribution in [0.4, 0.5) is 0 Å². The molecule has 0 aliphatic carbocycles. The summed E-state index contributed by atoms with van der Waals surface area (Å²) in [5, 5.41) is 5.09. The molecule has 2 rings (SSSR count). The van der Waals surface area contributed by atoms with Gasteiger partial charge in [0.05, 0.1) is 6.61 Å². The molecule has 1 aromatic rings. The Balaban J connectivity index is 1.69. The number of amides is 1. The van der Waals surface area contributed by atoms with Crippen LogP contribution in [0.3, 0.4) is 0 Å². The summed E-state index contributed by atoms with van der Waals surface area (Å²) in [6.07, 6.45) is 2.49. The van der Waals surface area contributed by atoms with Crippen LogP contribution in [0.15, 0.2) is 17.5 Å². The molecule has 1 fully saturated rings. The number of carbonyl (C=O) groups is 2. The number of likely N-dealkylation sites (tertiary alicyclic amines) is 1. The van der Waals surface area contributed by atoms with Gasteiger partial charge in [0.2, 0.25) is 5.91 Å². The Hall–Kier alpha value is -1.40. The number of hydrogen-bond donors (Lipinski definition) is 1. The third kappa shape index (κ3) is 5.32. The molecule has 1 aromatic heterocycles. The average molecular weight is 338 g/mol. The Morgan fingerprint density at radius 3 is 2.78 bits per heavy atom. The fourth-order valence-corrected chi connectivity index (χ4v) is 3.58. The Morgan fingerprint density at radius 1 is 1.43 bits per heavy atom. The van der Waals surface area contributed by atoms with E-state index in [1.54, 1.807) is 11.3 Å². The third-order valence-corrected chi connectivity index (χ3v) is 5.26. The van der Waals surface area contributed by atoms with Crippen LogP contribution in [0.5, 0.6) is 0 Å². The summed E-state index contributed by atoms with van der Waals surface area (Å²) in [5.41, 5.74) is 0. The van der Waals surface area contributed by atoms with Crippen LogP contribution in [0.1, 0.15) is 31.6 Å². The van der Waals surface area contributed by atoms with Gasteiger partial charge in [0.1, 0.15) is 6.04 Å². The van der Waals surface area contributed by atoms with Gasteiger partial charge in [0.25, 0.3) is 0 Å². The van der Waals surface area contributed by atoms with Gasteiger partial charge in [0.15, 0.2) is 0 Å². The minimum absolute atomic E-state index is 0.0592. The summed E-state index contributed by atoms with van der Waals surface area (Å²) >= 11 is 1.72. The molecule has 1 aliphatic rings. The van der Waals surface area contributed by atoms with E-state index in [2.05, 4.69) is 21.7 Å². The van der Waals surface area contributed by atoms with Gasteiger partial charge in [-0.1, -0.05) is 6.07 Å². The Kier molecular flexibility index (Phi) is 7.05. The van der Waals surface area contributed by atoms with Crippen LogP contribution in [-0.2, 0) is 20.7 Å². The van der Waals surface area contributed by atoms with Crippen molar-refractivity contribution in [3.05, 3.63) is 22.4 Å².